The van der Waals surface area contributed by atoms with E-state index in [4.69, 9.17) is 4.74 Å². The summed E-state index contributed by atoms with van der Waals surface area (Å²) in [5.74, 6) is 0. The molecule has 0 unspecified atom stereocenters. The van der Waals surface area contributed by atoms with Gasteiger partial charge in [0.25, 0.3) is 0 Å². The maximum Gasteiger partial charge on any atom is 0.410 e. The second kappa shape index (κ2) is 6.48. The van der Waals surface area contributed by atoms with Gasteiger partial charge in [-0.1, -0.05) is 24.3 Å². The van der Waals surface area contributed by atoms with Crippen molar-refractivity contribution in [2.75, 3.05) is 13.1 Å². The summed E-state index contributed by atoms with van der Waals surface area (Å²) >= 11 is 0. The standard InChI is InChI=1S/C24H29N3O2/c1-23(2,3)29-22(28)26-12-10-24(11-13-26)9-8-17(14-24)21-19-7-5-4-6-18(19)20-15-25-16-27(20)21/h4-7,15-16H,8-14H2,1-3H3/b21-17-. The zero-order chi connectivity index (χ0) is 20.2. The number of likely N-dealkylation sites (tertiary alicyclic amines) is 1. The first-order valence-corrected chi connectivity index (χ1v) is 10.7. The first kappa shape index (κ1) is 18.5. The van der Waals surface area contributed by atoms with Crippen LogP contribution in [-0.2, 0) is 4.74 Å². The van der Waals surface area contributed by atoms with Crippen LogP contribution >= 0.6 is 0 Å². The van der Waals surface area contributed by atoms with Crippen molar-refractivity contribution in [1.82, 2.24) is 14.3 Å². The van der Waals surface area contributed by atoms with Crippen LogP contribution in [-0.4, -0.2) is 39.1 Å². The summed E-state index contributed by atoms with van der Waals surface area (Å²) < 4.78 is 7.84. The van der Waals surface area contributed by atoms with Crippen LogP contribution in [0, 0.1) is 5.41 Å². The highest BCUT2D eigenvalue weighted by Gasteiger charge is 2.41. The van der Waals surface area contributed by atoms with Crippen molar-refractivity contribution < 1.29 is 9.53 Å². The molecule has 1 aliphatic heterocycles. The maximum atomic E-state index is 12.4. The van der Waals surface area contributed by atoms with Crippen molar-refractivity contribution in [1.29, 1.82) is 0 Å². The third kappa shape index (κ3) is 3.17. The van der Waals surface area contributed by atoms with Crippen LogP contribution in [0.25, 0.3) is 21.9 Å². The number of hydrogen-bond acceptors (Lipinski definition) is 3. The fourth-order valence-corrected chi connectivity index (χ4v) is 5.24. The summed E-state index contributed by atoms with van der Waals surface area (Å²) in [5.41, 5.74) is 2.62. The molecule has 2 aromatic heterocycles. The van der Waals surface area contributed by atoms with Gasteiger partial charge in [0.05, 0.1) is 23.4 Å². The van der Waals surface area contributed by atoms with Crippen molar-refractivity contribution in [3.63, 3.8) is 0 Å². The predicted molar refractivity (Wildman–Crippen MR) is 115 cm³/mol. The molecule has 3 heterocycles. The monoisotopic (exact) mass is 391 g/mol. The van der Waals surface area contributed by atoms with E-state index >= 15 is 0 Å². The number of imidazole rings is 1. The normalized spacial score (nSPS) is 21.4. The minimum absolute atomic E-state index is 0.170. The van der Waals surface area contributed by atoms with Gasteiger partial charge in [0.1, 0.15) is 5.60 Å². The average Bonchev–Trinajstić information content (AvgIpc) is 3.36. The van der Waals surface area contributed by atoms with Crippen LogP contribution < -0.4 is 5.35 Å². The molecule has 2 fully saturated rings. The van der Waals surface area contributed by atoms with Gasteiger partial charge in [-0.15, -0.1) is 0 Å². The lowest BCUT2D eigenvalue weighted by molar-refractivity contribution is 0.0111. The highest BCUT2D eigenvalue weighted by Crippen LogP contribution is 2.49. The lowest BCUT2D eigenvalue weighted by Crippen LogP contribution is -2.44. The summed E-state index contributed by atoms with van der Waals surface area (Å²) in [7, 11) is 0. The lowest BCUT2D eigenvalue weighted by atomic mass is 9.77. The minimum atomic E-state index is -0.435. The van der Waals surface area contributed by atoms with Crippen LogP contribution in [0.1, 0.15) is 52.9 Å². The first-order valence-electron chi connectivity index (χ1n) is 10.7. The lowest BCUT2D eigenvalue weighted by Gasteiger charge is -2.39. The topological polar surface area (TPSA) is 46.8 Å². The number of nitrogens with zero attached hydrogens (tertiary/aromatic N) is 3. The Labute approximate surface area is 171 Å². The smallest absolute Gasteiger partial charge is 0.410 e. The number of piperidine rings is 1. The SMILES string of the molecule is CC(C)(C)OC(=O)N1CCC2(CC/C(=c3\c4ccccc4c4cncn34)C2)CC1. The van der Waals surface area contributed by atoms with Gasteiger partial charge in [-0.25, -0.2) is 9.78 Å². The molecule has 29 heavy (non-hydrogen) atoms. The number of ether oxygens (including phenoxy) is 1. The van der Waals surface area contributed by atoms with E-state index in [1.807, 2.05) is 38.2 Å². The Morgan fingerprint density at radius 3 is 2.55 bits per heavy atom. The van der Waals surface area contributed by atoms with E-state index in [9.17, 15) is 4.79 Å². The van der Waals surface area contributed by atoms with Crippen LogP contribution in [0.2, 0.25) is 0 Å². The van der Waals surface area contributed by atoms with E-state index in [2.05, 4.69) is 33.7 Å². The van der Waals surface area contributed by atoms with Gasteiger partial charge in [-0.3, -0.25) is 4.40 Å². The Hall–Kier alpha value is -2.56. The maximum absolute atomic E-state index is 12.4. The van der Waals surface area contributed by atoms with Crippen molar-refractivity contribution in [2.24, 2.45) is 5.41 Å². The second-order valence-corrected chi connectivity index (χ2v) is 9.79. The van der Waals surface area contributed by atoms with Crippen LogP contribution in [0.15, 0.2) is 36.8 Å². The van der Waals surface area contributed by atoms with Crippen LogP contribution in [0.3, 0.4) is 0 Å². The molecular weight excluding hydrogens is 362 g/mol. The van der Waals surface area contributed by atoms with Crippen molar-refractivity contribution in [2.45, 2.75) is 58.5 Å². The summed E-state index contributed by atoms with van der Waals surface area (Å²) in [6.45, 7) is 7.37. The molecule has 5 nitrogen and oxygen atoms in total. The molecule has 5 rings (SSSR count). The quantitative estimate of drug-likeness (QED) is 0.564. The van der Waals surface area contributed by atoms with Crippen molar-refractivity contribution in [3.8, 4) is 0 Å². The highest BCUT2D eigenvalue weighted by molar-refractivity contribution is 5.98. The fraction of sp³-hybridized carbons (Fsp3) is 0.500. The summed E-state index contributed by atoms with van der Waals surface area (Å²) in [5, 5.41) is 3.97. The zero-order valence-corrected chi connectivity index (χ0v) is 17.6. The average molecular weight is 392 g/mol. The van der Waals surface area contributed by atoms with E-state index in [0.717, 1.165) is 38.8 Å². The summed E-state index contributed by atoms with van der Waals surface area (Å²) in [4.78, 5) is 18.7. The van der Waals surface area contributed by atoms with E-state index in [1.54, 1.807) is 5.57 Å². The second-order valence-electron chi connectivity index (χ2n) is 9.79. The van der Waals surface area contributed by atoms with Gasteiger partial charge in [0, 0.05) is 23.9 Å². The number of rotatable bonds is 0. The number of fused-ring (bicyclic) bond motifs is 3. The molecule has 0 N–H and O–H groups in total. The first-order chi connectivity index (χ1) is 13.9. The molecule has 1 aromatic carbocycles. The third-order valence-corrected chi connectivity index (χ3v) is 6.69. The molecule has 1 saturated heterocycles. The Kier molecular flexibility index (Phi) is 4.12. The van der Waals surface area contributed by atoms with Gasteiger partial charge in [0.15, 0.2) is 0 Å². The predicted octanol–water partition coefficient (Wildman–Crippen LogP) is 4.56. The summed E-state index contributed by atoms with van der Waals surface area (Å²) in [6, 6.07) is 8.66. The molecule has 1 spiro atoms. The molecule has 2 aliphatic rings. The van der Waals surface area contributed by atoms with E-state index < -0.39 is 5.60 Å². The molecule has 0 atom stereocenters. The van der Waals surface area contributed by atoms with Crippen LogP contribution in [0.4, 0.5) is 4.79 Å². The van der Waals surface area contributed by atoms with Gasteiger partial charge in [-0.2, -0.15) is 0 Å². The Morgan fingerprint density at radius 1 is 1.10 bits per heavy atom. The molecule has 0 radical (unpaired) electrons. The Morgan fingerprint density at radius 2 is 1.83 bits per heavy atom. The molecule has 152 valence electrons. The highest BCUT2D eigenvalue weighted by atomic mass is 16.6. The van der Waals surface area contributed by atoms with E-state index in [0.29, 0.717) is 5.41 Å². The largest absolute Gasteiger partial charge is 0.444 e. The summed E-state index contributed by atoms with van der Waals surface area (Å²) in [6.07, 6.45) is 9.33. The number of carbonyl (C=O) groups excluding carboxylic acids is 1. The fourth-order valence-electron chi connectivity index (χ4n) is 5.24. The number of aromatic nitrogens is 2. The molecule has 1 amide bonds. The number of carbonyl (C=O) groups is 1. The number of amides is 1. The van der Waals surface area contributed by atoms with Crippen LogP contribution in [0.5, 0.6) is 0 Å². The van der Waals surface area contributed by atoms with Gasteiger partial charge in [-0.05, 0) is 63.9 Å². The third-order valence-electron chi connectivity index (χ3n) is 6.69. The van der Waals surface area contributed by atoms with Crippen molar-refractivity contribution in [3.05, 3.63) is 42.1 Å². The van der Waals surface area contributed by atoms with Gasteiger partial charge < -0.3 is 9.64 Å². The molecule has 1 aliphatic carbocycles. The molecule has 0 bridgehead atoms. The Bertz CT molecular complexity index is 1130. The number of hydrogen-bond donors (Lipinski definition) is 0. The molecule has 5 heteroatoms. The molecule has 1 saturated carbocycles. The van der Waals surface area contributed by atoms with E-state index in [-0.39, 0.29) is 6.09 Å². The Balaban J connectivity index is 1.42. The van der Waals surface area contributed by atoms with Gasteiger partial charge >= 0.3 is 6.09 Å². The minimum Gasteiger partial charge on any atom is -0.444 e. The van der Waals surface area contributed by atoms with E-state index in [1.165, 1.54) is 28.1 Å². The zero-order valence-electron chi connectivity index (χ0n) is 17.6. The van der Waals surface area contributed by atoms with Crippen molar-refractivity contribution >= 4 is 28.0 Å². The molecular formula is C24H29N3O2. The number of benzene rings is 1. The van der Waals surface area contributed by atoms with Gasteiger partial charge in [0.2, 0.25) is 0 Å². The molecule has 3 aromatic rings.